The number of halogens is 1. The van der Waals surface area contributed by atoms with Gasteiger partial charge in [0, 0.05) is 23.3 Å². The van der Waals surface area contributed by atoms with Gasteiger partial charge in [-0.25, -0.2) is 4.98 Å². The molecule has 0 bridgehead atoms. The summed E-state index contributed by atoms with van der Waals surface area (Å²) in [6.45, 7) is 4.20. The molecular formula is C27H31ClN4O4. The summed E-state index contributed by atoms with van der Waals surface area (Å²) >= 11 is 6.22. The topological polar surface area (TPSA) is 89.7 Å². The molecule has 1 atom stereocenters. The molecule has 1 N–H and O–H groups in total. The van der Waals surface area contributed by atoms with Gasteiger partial charge in [0.2, 0.25) is 5.88 Å². The number of aromatic nitrogens is 3. The first kappa shape index (κ1) is 24.6. The van der Waals surface area contributed by atoms with E-state index in [4.69, 9.17) is 21.1 Å². The molecule has 1 saturated carbocycles. The van der Waals surface area contributed by atoms with Gasteiger partial charge in [0.1, 0.15) is 0 Å². The van der Waals surface area contributed by atoms with Crippen molar-refractivity contribution < 1.29 is 19.4 Å². The van der Waals surface area contributed by atoms with Crippen molar-refractivity contribution in [2.45, 2.75) is 63.8 Å². The second kappa shape index (κ2) is 9.75. The summed E-state index contributed by atoms with van der Waals surface area (Å²) < 4.78 is 12.9. The minimum atomic E-state index is -0.297. The van der Waals surface area contributed by atoms with Gasteiger partial charge in [0.25, 0.3) is 5.91 Å². The van der Waals surface area contributed by atoms with Gasteiger partial charge in [-0.2, -0.15) is 4.98 Å². The number of carbonyl (C=O) groups is 1. The third kappa shape index (κ3) is 4.12. The molecule has 1 unspecified atom stereocenters. The van der Waals surface area contributed by atoms with Crippen LogP contribution >= 0.6 is 11.6 Å². The molecule has 3 heterocycles. The lowest BCUT2D eigenvalue weighted by molar-refractivity contribution is 0.0458. The number of hydrogen-bond donors (Lipinski definition) is 1. The van der Waals surface area contributed by atoms with Crippen LogP contribution in [0.4, 0.5) is 0 Å². The van der Waals surface area contributed by atoms with Gasteiger partial charge in [0.05, 0.1) is 48.9 Å². The van der Waals surface area contributed by atoms with E-state index in [9.17, 15) is 9.90 Å². The molecule has 2 aliphatic rings. The Labute approximate surface area is 215 Å². The maximum atomic E-state index is 14.0. The summed E-state index contributed by atoms with van der Waals surface area (Å²) in [4.78, 5) is 24.7. The van der Waals surface area contributed by atoms with Crippen LogP contribution in [0, 0.1) is 0 Å². The number of nitrogens with zero attached hydrogens (tertiary/aromatic N) is 4. The molecule has 0 radical (unpaired) electrons. The normalized spacial score (nSPS) is 21.7. The first-order chi connectivity index (χ1) is 17.3. The quantitative estimate of drug-likeness (QED) is 0.499. The number of aliphatic hydroxyl groups is 1. The number of ether oxygens (including phenoxy) is 2. The highest BCUT2D eigenvalue weighted by Gasteiger charge is 2.46. The maximum Gasteiger partial charge on any atom is 0.319 e. The average molecular weight is 511 g/mol. The fourth-order valence-electron chi connectivity index (χ4n) is 5.60. The smallest absolute Gasteiger partial charge is 0.319 e. The van der Waals surface area contributed by atoms with E-state index >= 15 is 0 Å². The number of amides is 1. The highest BCUT2D eigenvalue weighted by atomic mass is 35.5. The molecule has 190 valence electrons. The molecule has 1 aliphatic carbocycles. The van der Waals surface area contributed by atoms with Gasteiger partial charge in [-0.3, -0.25) is 4.79 Å². The van der Waals surface area contributed by atoms with E-state index in [1.165, 1.54) is 7.11 Å². The van der Waals surface area contributed by atoms with Crippen molar-refractivity contribution in [1.29, 1.82) is 0 Å². The van der Waals surface area contributed by atoms with E-state index in [-0.39, 0.29) is 36.1 Å². The number of methoxy groups -OCH3 is 2. The molecule has 0 saturated heterocycles. The van der Waals surface area contributed by atoms with Crippen LogP contribution in [0.15, 0.2) is 36.5 Å². The second-order valence-corrected chi connectivity index (χ2v) is 10.1. The van der Waals surface area contributed by atoms with Crippen molar-refractivity contribution in [3.05, 3.63) is 58.4 Å². The van der Waals surface area contributed by atoms with Crippen LogP contribution < -0.4 is 9.47 Å². The highest BCUT2D eigenvalue weighted by molar-refractivity contribution is 6.30. The third-order valence-electron chi connectivity index (χ3n) is 7.22. The number of benzene rings is 1. The van der Waals surface area contributed by atoms with Crippen molar-refractivity contribution in [3.63, 3.8) is 0 Å². The molecule has 0 spiro atoms. The van der Waals surface area contributed by atoms with Crippen LogP contribution in [-0.2, 0) is 0 Å². The highest BCUT2D eigenvalue weighted by Crippen LogP contribution is 2.47. The van der Waals surface area contributed by atoms with Crippen LogP contribution in [0.1, 0.15) is 73.2 Å². The van der Waals surface area contributed by atoms with Crippen LogP contribution in [-0.4, -0.2) is 56.8 Å². The fraction of sp³-hybridized carbons (Fsp3) is 0.444. The van der Waals surface area contributed by atoms with Gasteiger partial charge in [-0.15, -0.1) is 0 Å². The number of hydrogen-bond acceptors (Lipinski definition) is 6. The molecule has 8 nitrogen and oxygen atoms in total. The zero-order chi connectivity index (χ0) is 25.6. The Morgan fingerprint density at radius 1 is 1.06 bits per heavy atom. The van der Waals surface area contributed by atoms with Gasteiger partial charge >= 0.3 is 6.01 Å². The Morgan fingerprint density at radius 3 is 2.36 bits per heavy atom. The van der Waals surface area contributed by atoms with E-state index in [1.807, 2.05) is 35.2 Å². The molecule has 1 aliphatic heterocycles. The van der Waals surface area contributed by atoms with Gasteiger partial charge in [0.15, 0.2) is 0 Å². The van der Waals surface area contributed by atoms with E-state index in [0.29, 0.717) is 34.9 Å². The van der Waals surface area contributed by atoms with Crippen molar-refractivity contribution in [2.24, 2.45) is 0 Å². The molecule has 1 amide bonds. The lowest BCUT2D eigenvalue weighted by atomic mass is 9.90. The summed E-state index contributed by atoms with van der Waals surface area (Å²) in [7, 11) is 3.07. The monoisotopic (exact) mass is 510 g/mol. The predicted octanol–water partition coefficient (Wildman–Crippen LogP) is 5.05. The predicted molar refractivity (Wildman–Crippen MR) is 137 cm³/mol. The van der Waals surface area contributed by atoms with Crippen molar-refractivity contribution >= 4 is 17.5 Å². The Balaban J connectivity index is 1.69. The van der Waals surface area contributed by atoms with Crippen LogP contribution in [0.5, 0.6) is 11.9 Å². The third-order valence-corrected chi connectivity index (χ3v) is 7.48. The molecule has 9 heteroatoms. The Hall–Kier alpha value is -3.10. The van der Waals surface area contributed by atoms with Crippen LogP contribution in [0.2, 0.25) is 5.02 Å². The summed E-state index contributed by atoms with van der Waals surface area (Å²) in [6.07, 6.45) is 4.32. The van der Waals surface area contributed by atoms with Gasteiger partial charge in [-0.1, -0.05) is 23.7 Å². The minimum absolute atomic E-state index is 0.000358. The van der Waals surface area contributed by atoms with E-state index in [0.717, 1.165) is 29.8 Å². The van der Waals surface area contributed by atoms with Crippen LogP contribution in [0.3, 0.4) is 0 Å². The Bertz CT molecular complexity index is 1270. The van der Waals surface area contributed by atoms with Crippen molar-refractivity contribution in [1.82, 2.24) is 19.4 Å². The first-order valence-corrected chi connectivity index (χ1v) is 12.7. The van der Waals surface area contributed by atoms with E-state index < -0.39 is 0 Å². The summed E-state index contributed by atoms with van der Waals surface area (Å²) in [5.41, 5.74) is 4.12. The van der Waals surface area contributed by atoms with Gasteiger partial charge < -0.3 is 24.0 Å². The molecule has 1 aromatic carbocycles. The number of aliphatic hydroxyl groups excluding tert-OH is 1. The lowest BCUT2D eigenvalue weighted by Gasteiger charge is -2.38. The molecule has 36 heavy (non-hydrogen) atoms. The van der Waals surface area contributed by atoms with Crippen molar-refractivity contribution in [3.8, 4) is 23.1 Å². The van der Waals surface area contributed by atoms with E-state index in [2.05, 4.69) is 28.4 Å². The summed E-state index contributed by atoms with van der Waals surface area (Å²) in [6, 6.07) is 9.70. The van der Waals surface area contributed by atoms with Gasteiger partial charge in [-0.05, 0) is 63.3 Å². The largest absolute Gasteiger partial charge is 0.480 e. The first-order valence-electron chi connectivity index (χ1n) is 12.3. The Kier molecular flexibility index (Phi) is 6.66. The second-order valence-electron chi connectivity index (χ2n) is 9.70. The molecule has 1 fully saturated rings. The molecule has 5 rings (SSSR count). The summed E-state index contributed by atoms with van der Waals surface area (Å²) in [5, 5.41) is 10.7. The van der Waals surface area contributed by atoms with E-state index in [1.54, 1.807) is 13.3 Å². The van der Waals surface area contributed by atoms with Crippen molar-refractivity contribution in [2.75, 3.05) is 14.2 Å². The fourth-order valence-corrected chi connectivity index (χ4v) is 5.73. The lowest BCUT2D eigenvalue weighted by Crippen LogP contribution is -2.42. The maximum absolute atomic E-state index is 14.0. The molecular weight excluding hydrogens is 480 g/mol. The Morgan fingerprint density at radius 2 is 1.75 bits per heavy atom. The minimum Gasteiger partial charge on any atom is -0.480 e. The number of carbonyl (C=O) groups excluding carboxylic acids is 1. The van der Waals surface area contributed by atoms with Crippen LogP contribution in [0.25, 0.3) is 11.3 Å². The number of rotatable bonds is 6. The molecule has 3 aromatic rings. The molecule has 2 aromatic heterocycles. The summed E-state index contributed by atoms with van der Waals surface area (Å²) in [5.74, 6) is 0.383. The standard InChI is InChI=1S/C27H31ClN4O4/c1-15(2)31-22(21-14-29-27(36-4)30-25(21)35-3)13-20-24(31)23(16-5-7-17(28)8-6-16)32(26(20)34)18-9-11-19(33)12-10-18/h5-8,13-15,18-19,23,33H,9-12H2,1-4H3. The number of fused-ring (bicyclic) bond motifs is 1. The average Bonchev–Trinajstić information content (AvgIpc) is 3.40. The zero-order valence-corrected chi connectivity index (χ0v) is 21.7. The zero-order valence-electron chi connectivity index (χ0n) is 20.9. The SMILES string of the molecule is COc1ncc(-c2cc3c(n2C(C)C)C(c2ccc(Cl)cc2)N(C2CCC(O)CC2)C3=O)c(OC)n1.